The lowest BCUT2D eigenvalue weighted by Gasteiger charge is -2.14. The normalized spacial score (nSPS) is 14.3. The van der Waals surface area contributed by atoms with Gasteiger partial charge in [0.05, 0.1) is 4.90 Å². The molecule has 0 atom stereocenters. The number of nitrogens with two attached hydrogens (primary N) is 2. The number of carbonyl (C=O) groups is 3. The molecule has 12 heteroatoms. The van der Waals surface area contributed by atoms with Gasteiger partial charge in [-0.1, -0.05) is 0 Å². The number of barbiturate groups is 1. The number of amides is 4. The van der Waals surface area contributed by atoms with Gasteiger partial charge in [-0.05, 0) is 42.5 Å². The summed E-state index contributed by atoms with van der Waals surface area (Å²) in [5, 5.41) is 3.97. The molecule has 0 aliphatic carbocycles. The number of benzene rings is 1. The van der Waals surface area contributed by atoms with Crippen molar-refractivity contribution in [3.05, 3.63) is 53.9 Å². The SMILES string of the molecule is NC(N)=NS(=O)(=O)c1ccc(-n2cccc2C=C2C(=O)NC(=O)NC2=O)cc1. The predicted molar refractivity (Wildman–Crippen MR) is 98.4 cm³/mol. The van der Waals surface area contributed by atoms with Gasteiger partial charge in [-0.25, -0.2) is 4.79 Å². The highest BCUT2D eigenvalue weighted by Gasteiger charge is 2.28. The molecule has 2 aromatic rings. The predicted octanol–water partition coefficient (Wildman–Crippen LogP) is -0.811. The molecule has 2 heterocycles. The van der Waals surface area contributed by atoms with Crippen LogP contribution in [0.4, 0.5) is 4.79 Å². The molecule has 0 unspecified atom stereocenters. The number of imide groups is 2. The Bertz CT molecular complexity index is 1120. The van der Waals surface area contributed by atoms with Crippen LogP contribution in [-0.4, -0.2) is 36.8 Å². The van der Waals surface area contributed by atoms with Gasteiger partial charge in [-0.15, -0.1) is 4.40 Å². The van der Waals surface area contributed by atoms with Crippen LogP contribution in [-0.2, 0) is 19.6 Å². The third-order valence-corrected chi connectivity index (χ3v) is 4.97. The first kappa shape index (κ1) is 18.8. The summed E-state index contributed by atoms with van der Waals surface area (Å²) in [5.41, 5.74) is 11.0. The molecule has 144 valence electrons. The van der Waals surface area contributed by atoms with E-state index in [2.05, 4.69) is 4.40 Å². The summed E-state index contributed by atoms with van der Waals surface area (Å²) >= 11 is 0. The van der Waals surface area contributed by atoms with Crippen molar-refractivity contribution in [1.82, 2.24) is 15.2 Å². The van der Waals surface area contributed by atoms with E-state index in [4.69, 9.17) is 11.5 Å². The summed E-state index contributed by atoms with van der Waals surface area (Å²) in [6.45, 7) is 0. The first-order valence-electron chi connectivity index (χ1n) is 7.69. The summed E-state index contributed by atoms with van der Waals surface area (Å²) in [7, 11) is -4.02. The van der Waals surface area contributed by atoms with E-state index >= 15 is 0 Å². The molecular formula is C16H14N6O5S. The number of nitrogens with one attached hydrogen (secondary N) is 2. The highest BCUT2D eigenvalue weighted by atomic mass is 32.2. The molecule has 3 rings (SSSR count). The Hall–Kier alpha value is -3.93. The molecule has 1 saturated heterocycles. The Morgan fingerprint density at radius 2 is 1.61 bits per heavy atom. The van der Waals surface area contributed by atoms with E-state index in [1.54, 1.807) is 22.9 Å². The quantitative estimate of drug-likeness (QED) is 0.223. The molecule has 1 fully saturated rings. The van der Waals surface area contributed by atoms with Crippen molar-refractivity contribution in [2.75, 3.05) is 0 Å². The largest absolute Gasteiger partial charge is 0.369 e. The van der Waals surface area contributed by atoms with Crippen LogP contribution in [0.25, 0.3) is 11.8 Å². The summed E-state index contributed by atoms with van der Waals surface area (Å²) in [6.07, 6.45) is 2.96. The highest BCUT2D eigenvalue weighted by molar-refractivity contribution is 7.90. The number of rotatable bonds is 4. The molecule has 4 amide bonds. The minimum absolute atomic E-state index is 0.110. The van der Waals surface area contributed by atoms with Gasteiger partial charge in [0.25, 0.3) is 21.8 Å². The Labute approximate surface area is 158 Å². The average molecular weight is 402 g/mol. The van der Waals surface area contributed by atoms with Gasteiger partial charge < -0.3 is 16.0 Å². The average Bonchev–Trinajstić information content (AvgIpc) is 3.05. The number of nitrogens with zero attached hydrogens (tertiary/aromatic N) is 2. The van der Waals surface area contributed by atoms with E-state index in [-0.39, 0.29) is 10.5 Å². The van der Waals surface area contributed by atoms with E-state index in [1.807, 2.05) is 10.6 Å². The zero-order valence-corrected chi connectivity index (χ0v) is 14.9. The Kier molecular flexibility index (Phi) is 4.71. The maximum atomic E-state index is 12.0. The minimum atomic E-state index is -4.02. The van der Waals surface area contributed by atoms with Crippen LogP contribution in [0.1, 0.15) is 5.69 Å². The Balaban J connectivity index is 1.96. The summed E-state index contributed by atoms with van der Waals surface area (Å²) < 4.78 is 28.8. The number of aromatic nitrogens is 1. The lowest BCUT2D eigenvalue weighted by atomic mass is 10.1. The molecule has 1 aromatic carbocycles. The van der Waals surface area contributed by atoms with Crippen LogP contribution < -0.4 is 22.1 Å². The van der Waals surface area contributed by atoms with Gasteiger partial charge in [0.2, 0.25) is 5.96 Å². The number of carbonyl (C=O) groups excluding carboxylic acids is 3. The molecule has 0 bridgehead atoms. The van der Waals surface area contributed by atoms with Crippen LogP contribution in [0, 0.1) is 0 Å². The van der Waals surface area contributed by atoms with E-state index < -0.39 is 33.8 Å². The smallest absolute Gasteiger partial charge is 0.328 e. The van der Waals surface area contributed by atoms with Gasteiger partial charge in [0.15, 0.2) is 0 Å². The monoisotopic (exact) mass is 402 g/mol. The van der Waals surface area contributed by atoms with E-state index in [9.17, 15) is 22.8 Å². The maximum Gasteiger partial charge on any atom is 0.328 e. The summed E-state index contributed by atoms with van der Waals surface area (Å²) in [5.74, 6) is -2.22. The summed E-state index contributed by atoms with van der Waals surface area (Å²) in [6, 6.07) is 8.04. The molecule has 0 radical (unpaired) electrons. The van der Waals surface area contributed by atoms with Crippen LogP contribution in [0.15, 0.2) is 57.5 Å². The van der Waals surface area contributed by atoms with Crippen LogP contribution in [0.5, 0.6) is 0 Å². The molecule has 1 aromatic heterocycles. The number of urea groups is 1. The number of sulfonamides is 1. The second kappa shape index (κ2) is 7.00. The van der Waals surface area contributed by atoms with Gasteiger partial charge in [-0.2, -0.15) is 8.42 Å². The summed E-state index contributed by atoms with van der Waals surface area (Å²) in [4.78, 5) is 34.7. The fourth-order valence-electron chi connectivity index (χ4n) is 2.47. The number of hydrogen-bond donors (Lipinski definition) is 4. The van der Waals surface area contributed by atoms with Crippen molar-refractivity contribution in [3.8, 4) is 5.69 Å². The number of hydrogen-bond acceptors (Lipinski definition) is 5. The van der Waals surface area contributed by atoms with Gasteiger partial charge in [-0.3, -0.25) is 20.2 Å². The molecule has 1 aliphatic rings. The van der Waals surface area contributed by atoms with Crippen LogP contribution in [0.3, 0.4) is 0 Å². The van der Waals surface area contributed by atoms with E-state index in [0.717, 1.165) is 0 Å². The van der Waals surface area contributed by atoms with E-state index in [1.165, 1.54) is 30.3 Å². The molecule has 28 heavy (non-hydrogen) atoms. The molecular weight excluding hydrogens is 388 g/mol. The Morgan fingerprint density at radius 3 is 2.18 bits per heavy atom. The number of guanidine groups is 1. The standard InChI is InChI=1S/C16H14N6O5S/c17-15(18)21-28(26,27)11-5-3-9(4-6-11)22-7-1-2-10(22)8-12-13(23)19-16(25)20-14(12)24/h1-8H,(H4,17,18,21)(H2,19,20,23,24,25). The van der Waals surface area contributed by atoms with Crippen molar-refractivity contribution in [1.29, 1.82) is 0 Å². The lowest BCUT2D eigenvalue weighted by Crippen LogP contribution is -2.51. The van der Waals surface area contributed by atoms with Crippen molar-refractivity contribution >= 4 is 39.9 Å². The lowest BCUT2D eigenvalue weighted by molar-refractivity contribution is -0.123. The van der Waals surface area contributed by atoms with Gasteiger partial charge in [0, 0.05) is 17.6 Å². The third-order valence-electron chi connectivity index (χ3n) is 3.65. The van der Waals surface area contributed by atoms with Crippen molar-refractivity contribution in [2.45, 2.75) is 4.90 Å². The zero-order chi connectivity index (χ0) is 20.5. The molecule has 6 N–H and O–H groups in total. The topological polar surface area (TPSA) is 179 Å². The molecule has 1 aliphatic heterocycles. The zero-order valence-electron chi connectivity index (χ0n) is 14.1. The van der Waals surface area contributed by atoms with Crippen molar-refractivity contribution in [2.24, 2.45) is 15.9 Å². The second-order valence-corrected chi connectivity index (χ2v) is 7.19. The van der Waals surface area contributed by atoms with Crippen molar-refractivity contribution in [3.63, 3.8) is 0 Å². The minimum Gasteiger partial charge on any atom is -0.369 e. The maximum absolute atomic E-state index is 12.0. The second-order valence-electron chi connectivity index (χ2n) is 5.58. The highest BCUT2D eigenvalue weighted by Crippen LogP contribution is 2.19. The molecule has 0 spiro atoms. The molecule has 11 nitrogen and oxygen atoms in total. The first-order valence-corrected chi connectivity index (χ1v) is 9.13. The van der Waals surface area contributed by atoms with Crippen molar-refractivity contribution < 1.29 is 22.8 Å². The van der Waals surface area contributed by atoms with E-state index in [0.29, 0.717) is 11.4 Å². The van der Waals surface area contributed by atoms with Crippen LogP contribution >= 0.6 is 0 Å². The van der Waals surface area contributed by atoms with Crippen LogP contribution in [0.2, 0.25) is 0 Å². The molecule has 0 saturated carbocycles. The first-order chi connectivity index (χ1) is 13.2. The third kappa shape index (κ3) is 3.76. The fraction of sp³-hybridized carbons (Fsp3) is 0. The van der Waals surface area contributed by atoms with Gasteiger partial charge >= 0.3 is 6.03 Å². The Morgan fingerprint density at radius 1 is 1.00 bits per heavy atom. The van der Waals surface area contributed by atoms with Gasteiger partial charge in [0.1, 0.15) is 5.57 Å². The fourth-order valence-corrected chi connectivity index (χ4v) is 3.33.